The number of halogens is 1. The van der Waals surface area contributed by atoms with E-state index in [0.717, 1.165) is 16.2 Å². The molecular formula is C22H18ClN3O2S. The first-order chi connectivity index (χ1) is 14.0. The van der Waals surface area contributed by atoms with E-state index < -0.39 is 5.92 Å². The largest absolute Gasteiger partial charge is 0.302 e. The second-order valence-corrected chi connectivity index (χ2v) is 7.67. The van der Waals surface area contributed by atoms with Crippen molar-refractivity contribution in [1.82, 2.24) is 9.97 Å². The van der Waals surface area contributed by atoms with Crippen LogP contribution in [-0.4, -0.2) is 28.3 Å². The van der Waals surface area contributed by atoms with Gasteiger partial charge in [0.25, 0.3) is 5.95 Å². The van der Waals surface area contributed by atoms with Crippen LogP contribution in [0.4, 0.5) is 5.95 Å². The van der Waals surface area contributed by atoms with Gasteiger partial charge in [0.2, 0.25) is 0 Å². The summed E-state index contributed by atoms with van der Waals surface area (Å²) < 4.78 is 0. The number of carbonyl (C=O) groups excluding carboxylic acids is 2. The zero-order valence-corrected chi connectivity index (χ0v) is 17.2. The van der Waals surface area contributed by atoms with E-state index in [-0.39, 0.29) is 16.9 Å². The van der Waals surface area contributed by atoms with Gasteiger partial charge in [-0.25, -0.2) is 9.98 Å². The Hall–Kier alpha value is -2.83. The minimum atomic E-state index is -1.02. The first kappa shape index (κ1) is 20.9. The standard InChI is InChI=1S/C22H18ClN3O2S/c1-15-10-20(23)26-22(25-15)24-12-18(13-27)21(28)17-7-5-6-16(11-17)14-29-19-8-3-2-4-9-19/h2-13,18H,14H2,1H3. The quantitative estimate of drug-likeness (QED) is 0.125. The lowest BCUT2D eigenvalue weighted by molar-refractivity contribution is -0.108. The van der Waals surface area contributed by atoms with E-state index in [1.165, 1.54) is 6.21 Å². The first-order valence-corrected chi connectivity index (χ1v) is 10.2. The molecule has 1 aromatic heterocycles. The zero-order valence-electron chi connectivity index (χ0n) is 15.7. The number of benzene rings is 2. The van der Waals surface area contributed by atoms with Gasteiger partial charge in [-0.1, -0.05) is 48.0 Å². The minimum Gasteiger partial charge on any atom is -0.302 e. The topological polar surface area (TPSA) is 72.3 Å². The van der Waals surface area contributed by atoms with Crippen molar-refractivity contribution in [2.45, 2.75) is 17.6 Å². The predicted molar refractivity (Wildman–Crippen MR) is 116 cm³/mol. The Morgan fingerprint density at radius 3 is 2.66 bits per heavy atom. The van der Waals surface area contributed by atoms with E-state index in [1.807, 2.05) is 48.5 Å². The normalized spacial score (nSPS) is 12.1. The molecule has 29 heavy (non-hydrogen) atoms. The van der Waals surface area contributed by atoms with Crippen molar-refractivity contribution in [3.8, 4) is 0 Å². The Morgan fingerprint density at radius 2 is 1.93 bits per heavy atom. The van der Waals surface area contributed by atoms with E-state index in [9.17, 15) is 9.59 Å². The van der Waals surface area contributed by atoms with Crippen LogP contribution in [0.2, 0.25) is 5.15 Å². The summed E-state index contributed by atoms with van der Waals surface area (Å²) in [4.78, 5) is 37.5. The molecule has 0 aliphatic carbocycles. The lowest BCUT2D eigenvalue weighted by Gasteiger charge is -2.07. The van der Waals surface area contributed by atoms with E-state index in [0.29, 0.717) is 17.5 Å². The number of aliphatic imine (C=N–C) groups is 1. The molecule has 0 spiro atoms. The van der Waals surface area contributed by atoms with Gasteiger partial charge in [-0.15, -0.1) is 11.8 Å². The molecule has 3 rings (SSSR count). The number of aldehydes is 1. The van der Waals surface area contributed by atoms with Gasteiger partial charge in [0.15, 0.2) is 5.78 Å². The van der Waals surface area contributed by atoms with Crippen LogP contribution in [0.25, 0.3) is 0 Å². The van der Waals surface area contributed by atoms with Crippen molar-refractivity contribution in [2.24, 2.45) is 10.9 Å². The number of aromatic nitrogens is 2. The molecule has 1 heterocycles. The summed E-state index contributed by atoms with van der Waals surface area (Å²) in [6.45, 7) is 1.76. The number of hydrogen-bond acceptors (Lipinski definition) is 6. The van der Waals surface area contributed by atoms with E-state index in [4.69, 9.17) is 11.6 Å². The van der Waals surface area contributed by atoms with Crippen LogP contribution in [0.1, 0.15) is 21.6 Å². The van der Waals surface area contributed by atoms with Gasteiger partial charge in [-0.2, -0.15) is 4.98 Å². The van der Waals surface area contributed by atoms with Crippen molar-refractivity contribution in [1.29, 1.82) is 0 Å². The predicted octanol–water partition coefficient (Wildman–Crippen LogP) is 5.13. The van der Waals surface area contributed by atoms with Crippen molar-refractivity contribution in [3.63, 3.8) is 0 Å². The van der Waals surface area contributed by atoms with Crippen LogP contribution >= 0.6 is 23.4 Å². The molecule has 7 heteroatoms. The molecular weight excluding hydrogens is 406 g/mol. The molecule has 0 aliphatic heterocycles. The lowest BCUT2D eigenvalue weighted by atomic mass is 9.98. The maximum Gasteiger partial charge on any atom is 0.250 e. The Labute approximate surface area is 178 Å². The number of carbonyl (C=O) groups is 2. The fourth-order valence-corrected chi connectivity index (χ4v) is 3.67. The van der Waals surface area contributed by atoms with Crippen molar-refractivity contribution < 1.29 is 9.59 Å². The molecule has 0 radical (unpaired) electrons. The number of thioether (sulfide) groups is 1. The maximum absolute atomic E-state index is 12.8. The summed E-state index contributed by atoms with van der Waals surface area (Å²) in [5, 5.41) is 0.252. The van der Waals surface area contributed by atoms with Gasteiger partial charge in [-0.3, -0.25) is 4.79 Å². The molecule has 0 saturated heterocycles. The highest BCUT2D eigenvalue weighted by Crippen LogP contribution is 2.23. The minimum absolute atomic E-state index is 0.114. The molecule has 1 unspecified atom stereocenters. The number of rotatable bonds is 8. The summed E-state index contributed by atoms with van der Waals surface area (Å²) >= 11 is 7.57. The molecule has 1 atom stereocenters. The second kappa shape index (κ2) is 10.1. The molecule has 3 aromatic rings. The molecule has 0 amide bonds. The summed E-state index contributed by atoms with van der Waals surface area (Å²) in [5.74, 6) is -0.507. The van der Waals surface area contributed by atoms with Gasteiger partial charge in [0, 0.05) is 28.1 Å². The van der Waals surface area contributed by atoms with Crippen LogP contribution in [0.5, 0.6) is 0 Å². The maximum atomic E-state index is 12.8. The highest BCUT2D eigenvalue weighted by Gasteiger charge is 2.18. The summed E-state index contributed by atoms with van der Waals surface area (Å²) in [6.07, 6.45) is 1.82. The fourth-order valence-electron chi connectivity index (χ4n) is 2.57. The van der Waals surface area contributed by atoms with Crippen LogP contribution < -0.4 is 0 Å². The van der Waals surface area contributed by atoms with Gasteiger partial charge in [0.05, 0.1) is 0 Å². The smallest absolute Gasteiger partial charge is 0.250 e. The Bertz CT molecular complexity index is 1020. The number of ketones is 1. The number of nitrogens with zero attached hydrogens (tertiary/aromatic N) is 3. The number of aryl methyl sites for hydroxylation is 1. The second-order valence-electron chi connectivity index (χ2n) is 6.24. The van der Waals surface area contributed by atoms with Crippen molar-refractivity contribution >= 4 is 47.6 Å². The Balaban J connectivity index is 1.72. The number of hydrogen-bond donors (Lipinski definition) is 0. The average molecular weight is 424 g/mol. The lowest BCUT2D eigenvalue weighted by Crippen LogP contribution is -2.17. The highest BCUT2D eigenvalue weighted by molar-refractivity contribution is 7.98. The van der Waals surface area contributed by atoms with Crippen LogP contribution in [0.15, 0.2) is 70.6 Å². The first-order valence-electron chi connectivity index (χ1n) is 8.87. The molecule has 2 aromatic carbocycles. The van der Waals surface area contributed by atoms with Gasteiger partial charge >= 0.3 is 0 Å². The SMILES string of the molecule is Cc1cc(Cl)nc(N=CC(C=O)C(=O)c2cccc(CSc3ccccc3)c2)n1. The van der Waals surface area contributed by atoms with Gasteiger partial charge in [0.1, 0.15) is 17.4 Å². The van der Waals surface area contributed by atoms with E-state index in [1.54, 1.807) is 30.8 Å². The third kappa shape index (κ3) is 6.07. The molecule has 0 saturated carbocycles. The van der Waals surface area contributed by atoms with Crippen LogP contribution in [0.3, 0.4) is 0 Å². The molecule has 0 bridgehead atoms. The fraction of sp³-hybridized carbons (Fsp3) is 0.136. The summed E-state index contributed by atoms with van der Waals surface area (Å²) in [5.41, 5.74) is 2.11. The Morgan fingerprint density at radius 1 is 1.14 bits per heavy atom. The third-order valence-electron chi connectivity index (χ3n) is 3.97. The molecule has 0 aliphatic rings. The molecule has 146 valence electrons. The highest BCUT2D eigenvalue weighted by atomic mass is 35.5. The van der Waals surface area contributed by atoms with Crippen molar-refractivity contribution in [2.75, 3.05) is 0 Å². The zero-order chi connectivity index (χ0) is 20.6. The molecule has 0 N–H and O–H groups in total. The van der Waals surface area contributed by atoms with Crippen LogP contribution in [0, 0.1) is 12.8 Å². The van der Waals surface area contributed by atoms with Crippen molar-refractivity contribution in [3.05, 3.63) is 82.6 Å². The third-order valence-corrected chi connectivity index (χ3v) is 5.25. The monoisotopic (exact) mass is 423 g/mol. The van der Waals surface area contributed by atoms with Gasteiger partial charge < -0.3 is 4.79 Å². The Kier molecular flexibility index (Phi) is 7.27. The molecule has 5 nitrogen and oxygen atoms in total. The van der Waals surface area contributed by atoms with Gasteiger partial charge in [-0.05, 0) is 36.8 Å². The van der Waals surface area contributed by atoms with Crippen LogP contribution in [-0.2, 0) is 10.5 Å². The number of Topliss-reactive ketones (excluding diaryl/α,β-unsaturated/α-hetero) is 1. The molecule has 0 fully saturated rings. The van der Waals surface area contributed by atoms with E-state index in [2.05, 4.69) is 15.0 Å². The summed E-state index contributed by atoms with van der Waals surface area (Å²) in [7, 11) is 0. The average Bonchev–Trinajstić information content (AvgIpc) is 2.73. The summed E-state index contributed by atoms with van der Waals surface area (Å²) in [6, 6.07) is 18.9. The van der Waals surface area contributed by atoms with E-state index >= 15 is 0 Å².